The lowest BCUT2D eigenvalue weighted by atomic mass is 10.3. The highest BCUT2D eigenvalue weighted by Gasteiger charge is 2.31. The number of halogens is 3. The minimum absolute atomic E-state index is 0.0620. The third-order valence-corrected chi connectivity index (χ3v) is 6.29. The molecule has 0 radical (unpaired) electrons. The first-order valence-electron chi connectivity index (χ1n) is 9.68. The number of hydrogen-bond acceptors (Lipinski definition) is 8. The highest BCUT2D eigenvalue weighted by atomic mass is 32.1. The Kier molecular flexibility index (Phi) is 9.06. The Morgan fingerprint density at radius 1 is 1.06 bits per heavy atom. The van der Waals surface area contributed by atoms with Gasteiger partial charge in [0.2, 0.25) is 0 Å². The number of nitrogens with zero attached hydrogens (tertiary/aromatic N) is 1. The summed E-state index contributed by atoms with van der Waals surface area (Å²) in [5, 5.41) is 7.63. The van der Waals surface area contributed by atoms with Crippen molar-refractivity contribution in [1.82, 2.24) is 15.2 Å². The lowest BCUT2D eigenvalue weighted by Crippen LogP contribution is -2.35. The number of rotatable bonds is 11. The van der Waals surface area contributed by atoms with Crippen LogP contribution >= 0.6 is 18.9 Å². The molecule has 0 bridgehead atoms. The molecule has 0 aliphatic heterocycles. The predicted octanol–water partition coefficient (Wildman–Crippen LogP) is 3.80. The molecule has 1 aromatic heterocycles. The van der Waals surface area contributed by atoms with Crippen molar-refractivity contribution in [3.8, 4) is 5.75 Å². The molecule has 0 unspecified atom stereocenters. The van der Waals surface area contributed by atoms with Crippen molar-refractivity contribution in [2.24, 2.45) is 0 Å². The monoisotopic (exact) mass is 512 g/mol. The molecule has 0 amide bonds. The van der Waals surface area contributed by atoms with Crippen molar-refractivity contribution >= 4 is 46.2 Å². The van der Waals surface area contributed by atoms with E-state index in [-0.39, 0.29) is 5.13 Å². The van der Waals surface area contributed by atoms with E-state index in [0.29, 0.717) is 10.2 Å². The number of hydrogen-bond donors (Lipinski definition) is 3. The minimum atomic E-state index is -4.85. The first-order valence-corrected chi connectivity index (χ1v) is 12.2. The van der Waals surface area contributed by atoms with Gasteiger partial charge in [0.05, 0.1) is 22.4 Å². The Labute approximate surface area is 191 Å². The zero-order valence-corrected chi connectivity index (χ0v) is 19.9. The van der Waals surface area contributed by atoms with Crippen LogP contribution in [0, 0.1) is 0 Å². The molecule has 0 saturated heterocycles. The fourth-order valence-corrected chi connectivity index (χ4v) is 4.99. The van der Waals surface area contributed by atoms with Gasteiger partial charge < -0.3 is 14.2 Å². The second kappa shape index (κ2) is 11.1. The number of thiazole rings is 1. The molecule has 2 aromatic rings. The van der Waals surface area contributed by atoms with E-state index in [2.05, 4.69) is 25.0 Å². The maximum atomic E-state index is 13.3. The van der Waals surface area contributed by atoms with Crippen LogP contribution < -0.4 is 20.0 Å². The van der Waals surface area contributed by atoms with E-state index >= 15 is 0 Å². The number of aromatic nitrogens is 1. The van der Waals surface area contributed by atoms with Crippen LogP contribution in [0.1, 0.15) is 27.7 Å². The Morgan fingerprint density at radius 2 is 1.61 bits per heavy atom. The molecule has 1 heterocycles. The van der Waals surface area contributed by atoms with Gasteiger partial charge in [-0.05, 0) is 39.8 Å². The van der Waals surface area contributed by atoms with Gasteiger partial charge in [-0.15, -0.1) is 13.2 Å². The van der Waals surface area contributed by atoms with Crippen LogP contribution in [0.25, 0.3) is 10.2 Å². The first-order chi connectivity index (χ1) is 15.2. The van der Waals surface area contributed by atoms with Crippen molar-refractivity contribution in [2.45, 2.75) is 46.3 Å². The molecule has 15 heteroatoms. The molecule has 10 nitrogen and oxygen atoms in total. The third kappa shape index (κ3) is 9.54. The lowest BCUT2D eigenvalue weighted by Gasteiger charge is -2.21. The second-order valence-corrected chi connectivity index (χ2v) is 10.3. The third-order valence-electron chi connectivity index (χ3n) is 3.47. The minimum Gasteiger partial charge on any atom is -0.462 e. The van der Waals surface area contributed by atoms with E-state index in [0.717, 1.165) is 23.5 Å². The van der Waals surface area contributed by atoms with Crippen LogP contribution in [-0.2, 0) is 23.6 Å². The summed E-state index contributed by atoms with van der Waals surface area (Å²) >= 11 is 0.900. The smallest absolute Gasteiger partial charge is 0.462 e. The maximum Gasteiger partial charge on any atom is 0.573 e. The fourth-order valence-electron chi connectivity index (χ4n) is 2.38. The average molecular weight is 512 g/mol. The van der Waals surface area contributed by atoms with Gasteiger partial charge in [-0.25, -0.2) is 15.2 Å². The van der Waals surface area contributed by atoms with Crippen molar-refractivity contribution < 1.29 is 41.5 Å². The van der Waals surface area contributed by atoms with Crippen LogP contribution in [0.3, 0.4) is 0 Å². The van der Waals surface area contributed by atoms with Gasteiger partial charge in [-0.1, -0.05) is 11.3 Å². The molecule has 184 valence electrons. The standard InChI is InChI=1S/C18H24F3N4O6PS/c1-10(2)29-15(26)8-22-32(28,23-9-16(27)30-11(3)4)25-17-24-13-6-5-12(7-14(13)33-17)31-18(19,20)21/h5-7,10-11H,8-9H2,1-4H3,(H3,22,23,24,25,28). The SMILES string of the molecule is CC(C)OC(=O)CNP(=O)(NCC(=O)OC(C)C)Nc1nc2ccc(OC(F)(F)F)cc2s1. The summed E-state index contributed by atoms with van der Waals surface area (Å²) in [5.41, 5.74) is 0.321. The predicted molar refractivity (Wildman–Crippen MR) is 116 cm³/mol. The Hall–Kier alpha value is -2.41. The van der Waals surface area contributed by atoms with E-state index in [1.165, 1.54) is 6.07 Å². The number of anilines is 1. The highest BCUT2D eigenvalue weighted by Crippen LogP contribution is 2.40. The molecule has 0 fully saturated rings. The number of benzene rings is 1. The topological polar surface area (TPSA) is 128 Å². The summed E-state index contributed by atoms with van der Waals surface area (Å²) in [5.74, 6) is -1.80. The summed E-state index contributed by atoms with van der Waals surface area (Å²) in [6.07, 6.45) is -5.63. The summed E-state index contributed by atoms with van der Waals surface area (Å²) in [4.78, 5) is 27.9. The van der Waals surface area contributed by atoms with Crippen LogP contribution in [0.15, 0.2) is 18.2 Å². The Morgan fingerprint density at radius 3 is 2.09 bits per heavy atom. The second-order valence-electron chi connectivity index (χ2n) is 7.16. The van der Waals surface area contributed by atoms with Gasteiger partial charge in [0.25, 0.3) is 0 Å². The summed E-state index contributed by atoms with van der Waals surface area (Å²) in [6, 6.07) is 3.54. The number of carbonyl (C=O) groups excluding carboxylic acids is 2. The molecule has 0 aliphatic rings. The molecular formula is C18H24F3N4O6PS. The number of nitrogens with one attached hydrogen (secondary N) is 3. The number of fused-ring (bicyclic) bond motifs is 1. The Bertz CT molecular complexity index is 1000. The molecule has 0 saturated carbocycles. The van der Waals surface area contributed by atoms with Gasteiger partial charge in [0, 0.05) is 6.07 Å². The molecule has 0 atom stereocenters. The van der Waals surface area contributed by atoms with Gasteiger partial charge >= 0.3 is 25.9 Å². The van der Waals surface area contributed by atoms with Crippen molar-refractivity contribution in [3.05, 3.63) is 18.2 Å². The van der Waals surface area contributed by atoms with Crippen LogP contribution in [-0.4, -0.2) is 48.6 Å². The maximum absolute atomic E-state index is 13.3. The lowest BCUT2D eigenvalue weighted by molar-refractivity contribution is -0.274. The van der Waals surface area contributed by atoms with E-state index in [1.807, 2.05) is 0 Å². The van der Waals surface area contributed by atoms with E-state index in [4.69, 9.17) is 9.47 Å². The van der Waals surface area contributed by atoms with E-state index in [1.54, 1.807) is 27.7 Å². The van der Waals surface area contributed by atoms with Crippen LogP contribution in [0.5, 0.6) is 5.75 Å². The van der Waals surface area contributed by atoms with Crippen LogP contribution in [0.2, 0.25) is 0 Å². The summed E-state index contributed by atoms with van der Waals surface area (Å²) < 4.78 is 64.9. The molecule has 1 aromatic carbocycles. The number of ether oxygens (including phenoxy) is 3. The van der Waals surface area contributed by atoms with Crippen molar-refractivity contribution in [2.75, 3.05) is 18.2 Å². The molecule has 33 heavy (non-hydrogen) atoms. The highest BCUT2D eigenvalue weighted by molar-refractivity contribution is 7.62. The zero-order chi connectivity index (χ0) is 24.8. The zero-order valence-electron chi connectivity index (χ0n) is 18.2. The normalized spacial score (nSPS) is 12.3. The number of esters is 2. The van der Waals surface area contributed by atoms with Crippen LogP contribution in [0.4, 0.5) is 18.3 Å². The van der Waals surface area contributed by atoms with Crippen molar-refractivity contribution in [3.63, 3.8) is 0 Å². The Balaban J connectivity index is 2.19. The van der Waals surface area contributed by atoms with Gasteiger partial charge in [0.15, 0.2) is 5.13 Å². The van der Waals surface area contributed by atoms with E-state index < -0.39 is 56.9 Å². The fraction of sp³-hybridized carbons (Fsp3) is 0.500. The van der Waals surface area contributed by atoms with Gasteiger partial charge in [0.1, 0.15) is 18.8 Å². The molecule has 0 aliphatic carbocycles. The van der Waals surface area contributed by atoms with Gasteiger partial charge in [-0.2, -0.15) is 0 Å². The summed E-state index contributed by atoms with van der Waals surface area (Å²) in [6.45, 7) is 5.68. The number of alkyl halides is 3. The van der Waals surface area contributed by atoms with Crippen molar-refractivity contribution in [1.29, 1.82) is 0 Å². The molecular weight excluding hydrogens is 488 g/mol. The quantitative estimate of drug-likeness (QED) is 0.302. The number of carbonyl (C=O) groups is 2. The first kappa shape index (κ1) is 26.8. The van der Waals surface area contributed by atoms with E-state index in [9.17, 15) is 27.3 Å². The molecule has 3 N–H and O–H groups in total. The average Bonchev–Trinajstić information content (AvgIpc) is 3.04. The largest absolute Gasteiger partial charge is 0.573 e. The van der Waals surface area contributed by atoms with Gasteiger partial charge in [-0.3, -0.25) is 19.2 Å². The summed E-state index contributed by atoms with van der Waals surface area (Å²) in [7, 11) is -3.85. The molecule has 0 spiro atoms. The molecule has 2 rings (SSSR count).